The molecule has 3 rings (SSSR count). The van der Waals surface area contributed by atoms with Gasteiger partial charge in [-0.2, -0.15) is 0 Å². The van der Waals surface area contributed by atoms with Gasteiger partial charge >= 0.3 is 0 Å². The summed E-state index contributed by atoms with van der Waals surface area (Å²) in [7, 11) is 0. The number of nitrogens with one attached hydrogen (secondary N) is 2. The molecule has 1 amide bonds. The summed E-state index contributed by atoms with van der Waals surface area (Å²) in [6.45, 7) is 9.90. The Morgan fingerprint density at radius 1 is 1.12 bits per heavy atom. The van der Waals surface area contributed by atoms with Crippen molar-refractivity contribution in [3.05, 3.63) is 35.9 Å². The van der Waals surface area contributed by atoms with E-state index in [0.717, 1.165) is 45.1 Å². The minimum Gasteiger partial charge on any atom is -0.353 e. The van der Waals surface area contributed by atoms with E-state index in [1.165, 1.54) is 18.4 Å². The molecule has 2 aliphatic heterocycles. The van der Waals surface area contributed by atoms with E-state index in [1.54, 1.807) is 0 Å². The van der Waals surface area contributed by atoms with Crippen LogP contribution in [0.4, 0.5) is 0 Å². The van der Waals surface area contributed by atoms with Crippen LogP contribution in [-0.2, 0) is 11.3 Å². The molecule has 2 unspecified atom stereocenters. The molecule has 2 atom stereocenters. The molecule has 4 heteroatoms. The zero-order valence-corrected chi connectivity index (χ0v) is 16.4. The molecule has 1 aromatic rings. The summed E-state index contributed by atoms with van der Waals surface area (Å²) in [6.07, 6.45) is 4.17. The summed E-state index contributed by atoms with van der Waals surface area (Å²) >= 11 is 0. The van der Waals surface area contributed by atoms with Gasteiger partial charge in [-0.05, 0) is 55.7 Å². The van der Waals surface area contributed by atoms with Crippen LogP contribution in [0, 0.1) is 17.8 Å². The Labute approximate surface area is 158 Å². The lowest BCUT2D eigenvalue weighted by Crippen LogP contribution is -2.54. The molecule has 0 saturated carbocycles. The number of amides is 1. The van der Waals surface area contributed by atoms with E-state index in [-0.39, 0.29) is 5.91 Å². The highest BCUT2D eigenvalue weighted by Crippen LogP contribution is 2.24. The maximum absolute atomic E-state index is 12.5. The lowest BCUT2D eigenvalue weighted by molar-refractivity contribution is -0.123. The van der Waals surface area contributed by atoms with Gasteiger partial charge in [0, 0.05) is 32.1 Å². The van der Waals surface area contributed by atoms with E-state index in [4.69, 9.17) is 0 Å². The number of carbonyl (C=O) groups is 1. The van der Waals surface area contributed by atoms with Crippen LogP contribution in [0.15, 0.2) is 30.3 Å². The molecule has 2 N–H and O–H groups in total. The average molecular weight is 358 g/mol. The third kappa shape index (κ3) is 5.55. The van der Waals surface area contributed by atoms with Crippen LogP contribution in [0.3, 0.4) is 0 Å². The summed E-state index contributed by atoms with van der Waals surface area (Å²) in [6, 6.07) is 11.0. The Bertz CT molecular complexity index is 544. The smallest absolute Gasteiger partial charge is 0.220 e. The van der Waals surface area contributed by atoms with Crippen molar-refractivity contribution in [2.45, 2.75) is 52.1 Å². The molecule has 2 heterocycles. The third-order valence-corrected chi connectivity index (χ3v) is 6.13. The number of hydrogen-bond acceptors (Lipinski definition) is 3. The SMILES string of the molecule is CC1CN(Cc2ccccc2)CC(C)C1NC(=O)CCC1CCNCC1. The van der Waals surface area contributed by atoms with Gasteiger partial charge in [0.2, 0.25) is 5.91 Å². The summed E-state index contributed by atoms with van der Waals surface area (Å²) in [5, 5.41) is 6.76. The summed E-state index contributed by atoms with van der Waals surface area (Å²) in [5.41, 5.74) is 1.37. The molecule has 26 heavy (non-hydrogen) atoms. The minimum absolute atomic E-state index is 0.253. The zero-order valence-electron chi connectivity index (χ0n) is 16.4. The van der Waals surface area contributed by atoms with Crippen LogP contribution in [0.5, 0.6) is 0 Å². The number of hydrogen-bond donors (Lipinski definition) is 2. The predicted molar refractivity (Wildman–Crippen MR) is 107 cm³/mol. The van der Waals surface area contributed by atoms with Gasteiger partial charge in [0.25, 0.3) is 0 Å². The van der Waals surface area contributed by atoms with Crippen molar-refractivity contribution in [2.75, 3.05) is 26.2 Å². The first-order valence-electron chi connectivity index (χ1n) is 10.4. The Morgan fingerprint density at radius 2 is 1.77 bits per heavy atom. The second kappa shape index (κ2) is 9.52. The fraction of sp³-hybridized carbons (Fsp3) is 0.682. The van der Waals surface area contributed by atoms with Crippen molar-refractivity contribution in [3.63, 3.8) is 0 Å². The molecule has 0 aliphatic carbocycles. The quantitative estimate of drug-likeness (QED) is 0.822. The molecule has 2 fully saturated rings. The van der Waals surface area contributed by atoms with Gasteiger partial charge in [-0.1, -0.05) is 44.2 Å². The number of likely N-dealkylation sites (tertiary alicyclic amines) is 1. The van der Waals surface area contributed by atoms with Crippen molar-refractivity contribution >= 4 is 5.91 Å². The highest BCUT2D eigenvalue weighted by Gasteiger charge is 2.32. The van der Waals surface area contributed by atoms with Crippen molar-refractivity contribution < 1.29 is 4.79 Å². The first kappa shape index (κ1) is 19.4. The Morgan fingerprint density at radius 3 is 2.42 bits per heavy atom. The molecule has 2 aliphatic rings. The molecule has 0 radical (unpaired) electrons. The molecule has 144 valence electrons. The summed E-state index contributed by atoms with van der Waals surface area (Å²) in [5.74, 6) is 1.96. The van der Waals surface area contributed by atoms with E-state index >= 15 is 0 Å². The van der Waals surface area contributed by atoms with Crippen LogP contribution in [0.2, 0.25) is 0 Å². The lowest BCUT2D eigenvalue weighted by atomic mass is 9.85. The highest BCUT2D eigenvalue weighted by atomic mass is 16.1. The molecule has 2 saturated heterocycles. The Balaban J connectivity index is 1.44. The van der Waals surface area contributed by atoms with Crippen LogP contribution in [0.25, 0.3) is 0 Å². The average Bonchev–Trinajstić information content (AvgIpc) is 2.65. The first-order chi connectivity index (χ1) is 12.6. The van der Waals surface area contributed by atoms with Gasteiger partial charge < -0.3 is 10.6 Å². The Hall–Kier alpha value is -1.39. The summed E-state index contributed by atoms with van der Waals surface area (Å²) < 4.78 is 0. The number of nitrogens with zero attached hydrogens (tertiary/aromatic N) is 1. The molecule has 1 aromatic carbocycles. The van der Waals surface area contributed by atoms with Gasteiger partial charge in [0.05, 0.1) is 0 Å². The topological polar surface area (TPSA) is 44.4 Å². The molecule has 0 spiro atoms. The second-order valence-corrected chi connectivity index (χ2v) is 8.46. The van der Waals surface area contributed by atoms with Gasteiger partial charge in [-0.25, -0.2) is 0 Å². The maximum Gasteiger partial charge on any atom is 0.220 e. The Kier molecular flexibility index (Phi) is 7.09. The standard InChI is InChI=1S/C22H35N3O/c1-17-14-25(16-20-6-4-3-5-7-20)15-18(2)22(17)24-21(26)9-8-19-10-12-23-13-11-19/h3-7,17-19,22-23H,8-16H2,1-2H3,(H,24,26). The van der Waals surface area contributed by atoms with Gasteiger partial charge in [-0.15, -0.1) is 0 Å². The molecule has 4 nitrogen and oxygen atoms in total. The van der Waals surface area contributed by atoms with E-state index in [9.17, 15) is 4.79 Å². The number of carbonyl (C=O) groups excluding carboxylic acids is 1. The van der Waals surface area contributed by atoms with Crippen LogP contribution in [-0.4, -0.2) is 43.0 Å². The first-order valence-corrected chi connectivity index (χ1v) is 10.4. The third-order valence-electron chi connectivity index (χ3n) is 6.13. The van der Waals surface area contributed by atoms with Crippen LogP contribution < -0.4 is 10.6 Å². The highest BCUT2D eigenvalue weighted by molar-refractivity contribution is 5.76. The molecular weight excluding hydrogens is 322 g/mol. The summed E-state index contributed by atoms with van der Waals surface area (Å²) in [4.78, 5) is 15.0. The number of piperidine rings is 2. The maximum atomic E-state index is 12.5. The van der Waals surface area contributed by atoms with E-state index in [0.29, 0.717) is 24.3 Å². The van der Waals surface area contributed by atoms with E-state index in [2.05, 4.69) is 59.7 Å². The normalized spacial score (nSPS) is 28.0. The molecule has 0 aromatic heterocycles. The minimum atomic E-state index is 0.253. The van der Waals surface area contributed by atoms with Crippen LogP contribution in [0.1, 0.15) is 45.1 Å². The predicted octanol–water partition coefficient (Wildman–Crippen LogP) is 3.04. The van der Waals surface area contributed by atoms with Gasteiger partial charge in [0.1, 0.15) is 0 Å². The van der Waals surface area contributed by atoms with Crippen LogP contribution >= 0.6 is 0 Å². The van der Waals surface area contributed by atoms with Crippen molar-refractivity contribution in [1.82, 2.24) is 15.5 Å². The monoisotopic (exact) mass is 357 g/mol. The van der Waals surface area contributed by atoms with E-state index < -0.39 is 0 Å². The largest absolute Gasteiger partial charge is 0.353 e. The lowest BCUT2D eigenvalue weighted by Gasteiger charge is -2.41. The fourth-order valence-corrected chi connectivity index (χ4v) is 4.70. The second-order valence-electron chi connectivity index (χ2n) is 8.46. The fourth-order valence-electron chi connectivity index (χ4n) is 4.70. The van der Waals surface area contributed by atoms with E-state index in [1.807, 2.05) is 0 Å². The van der Waals surface area contributed by atoms with Crippen molar-refractivity contribution in [2.24, 2.45) is 17.8 Å². The zero-order chi connectivity index (χ0) is 18.4. The molecular formula is C22H35N3O. The molecule has 0 bridgehead atoms. The number of rotatable bonds is 6. The van der Waals surface area contributed by atoms with Gasteiger partial charge in [0.15, 0.2) is 0 Å². The van der Waals surface area contributed by atoms with Crippen molar-refractivity contribution in [1.29, 1.82) is 0 Å². The van der Waals surface area contributed by atoms with Gasteiger partial charge in [-0.3, -0.25) is 9.69 Å². The van der Waals surface area contributed by atoms with Crippen molar-refractivity contribution in [3.8, 4) is 0 Å². The number of benzene rings is 1.